The monoisotopic (exact) mass is 260 g/mol. The molecule has 2 N–H and O–H groups in total. The number of amides is 1. The molecule has 5 nitrogen and oxygen atoms in total. The maximum Gasteiger partial charge on any atom is 0.257 e. The van der Waals surface area contributed by atoms with Crippen LogP contribution in [0.2, 0.25) is 0 Å². The number of H-pyrrole nitrogens is 1. The van der Waals surface area contributed by atoms with Crippen LogP contribution in [0, 0.1) is 0 Å². The van der Waals surface area contributed by atoms with Gasteiger partial charge in [0, 0.05) is 18.0 Å². The molecule has 1 amide bonds. The Labute approximate surface area is 110 Å². The smallest absolute Gasteiger partial charge is 0.257 e. The highest BCUT2D eigenvalue weighted by atomic mass is 16.5. The Morgan fingerprint density at radius 3 is 2.95 bits per heavy atom. The minimum atomic E-state index is -0.195. The third-order valence-electron chi connectivity index (χ3n) is 2.65. The molecule has 1 aromatic carbocycles. The Morgan fingerprint density at radius 1 is 1.32 bits per heavy atom. The molecule has 0 aliphatic carbocycles. The average Bonchev–Trinajstić information content (AvgIpc) is 2.42. The third-order valence-corrected chi connectivity index (χ3v) is 2.65. The first-order valence-electron chi connectivity index (χ1n) is 6.22. The predicted octanol–water partition coefficient (Wildman–Crippen LogP) is 1.43. The number of pyridine rings is 1. The Bertz CT molecular complexity index is 634. The van der Waals surface area contributed by atoms with Crippen LogP contribution in [0.1, 0.15) is 13.3 Å². The minimum absolute atomic E-state index is 0.0595. The lowest BCUT2D eigenvalue weighted by Crippen LogP contribution is -2.29. The van der Waals surface area contributed by atoms with Crippen molar-refractivity contribution in [3.63, 3.8) is 0 Å². The van der Waals surface area contributed by atoms with Crippen molar-refractivity contribution in [2.24, 2.45) is 0 Å². The maximum absolute atomic E-state index is 11.5. The van der Waals surface area contributed by atoms with Crippen molar-refractivity contribution in [3.8, 4) is 5.75 Å². The van der Waals surface area contributed by atoms with Crippen molar-refractivity contribution >= 4 is 16.8 Å². The van der Waals surface area contributed by atoms with E-state index >= 15 is 0 Å². The highest BCUT2D eigenvalue weighted by molar-refractivity contribution is 5.85. The van der Waals surface area contributed by atoms with E-state index in [-0.39, 0.29) is 18.1 Å². The summed E-state index contributed by atoms with van der Waals surface area (Å²) >= 11 is 0. The molecule has 0 aliphatic heterocycles. The molecule has 0 bridgehead atoms. The van der Waals surface area contributed by atoms with Gasteiger partial charge < -0.3 is 15.0 Å². The van der Waals surface area contributed by atoms with Gasteiger partial charge in [-0.1, -0.05) is 19.1 Å². The SMILES string of the molecule is CCCNC(=O)COc1cccc2ccc(=O)[nH]c12. The molecule has 0 atom stereocenters. The second-order valence-corrected chi connectivity index (χ2v) is 4.18. The Kier molecular flexibility index (Phi) is 4.18. The quantitative estimate of drug-likeness (QED) is 0.854. The van der Waals surface area contributed by atoms with Crippen LogP contribution < -0.4 is 15.6 Å². The van der Waals surface area contributed by atoms with E-state index in [0.29, 0.717) is 17.8 Å². The summed E-state index contributed by atoms with van der Waals surface area (Å²) in [6.07, 6.45) is 0.882. The average molecular weight is 260 g/mol. The second kappa shape index (κ2) is 6.04. The van der Waals surface area contributed by atoms with Crippen molar-refractivity contribution in [2.75, 3.05) is 13.2 Å². The van der Waals surface area contributed by atoms with E-state index in [1.165, 1.54) is 6.07 Å². The number of fused-ring (bicyclic) bond motifs is 1. The van der Waals surface area contributed by atoms with Crippen LogP contribution >= 0.6 is 0 Å². The van der Waals surface area contributed by atoms with E-state index in [0.717, 1.165) is 11.8 Å². The molecule has 2 rings (SSSR count). The normalized spacial score (nSPS) is 10.4. The zero-order valence-corrected chi connectivity index (χ0v) is 10.7. The van der Waals surface area contributed by atoms with E-state index in [2.05, 4.69) is 10.3 Å². The number of ether oxygens (including phenoxy) is 1. The zero-order valence-electron chi connectivity index (χ0n) is 10.7. The van der Waals surface area contributed by atoms with Crippen LogP contribution in [0.4, 0.5) is 0 Å². The summed E-state index contributed by atoms with van der Waals surface area (Å²) < 4.78 is 5.45. The van der Waals surface area contributed by atoms with Crippen LogP contribution in [0.3, 0.4) is 0 Å². The topological polar surface area (TPSA) is 71.2 Å². The van der Waals surface area contributed by atoms with E-state index in [1.807, 2.05) is 19.1 Å². The van der Waals surface area contributed by atoms with Crippen molar-refractivity contribution in [1.82, 2.24) is 10.3 Å². The highest BCUT2D eigenvalue weighted by Crippen LogP contribution is 2.21. The number of benzene rings is 1. The summed E-state index contributed by atoms with van der Waals surface area (Å²) in [4.78, 5) is 25.5. The number of aromatic amines is 1. The second-order valence-electron chi connectivity index (χ2n) is 4.18. The number of hydrogen-bond donors (Lipinski definition) is 2. The Hall–Kier alpha value is -2.30. The van der Waals surface area contributed by atoms with Gasteiger partial charge in [0.05, 0.1) is 5.52 Å². The number of hydrogen-bond acceptors (Lipinski definition) is 3. The molecular weight excluding hydrogens is 244 g/mol. The molecule has 5 heteroatoms. The molecule has 0 spiro atoms. The van der Waals surface area contributed by atoms with Gasteiger partial charge in [-0.2, -0.15) is 0 Å². The summed E-state index contributed by atoms with van der Waals surface area (Å²) in [6.45, 7) is 2.56. The predicted molar refractivity (Wildman–Crippen MR) is 73.4 cm³/mol. The Balaban J connectivity index is 2.14. The van der Waals surface area contributed by atoms with Gasteiger partial charge in [-0.15, -0.1) is 0 Å². The molecule has 0 aliphatic rings. The molecule has 0 radical (unpaired) electrons. The molecule has 0 saturated heterocycles. The first-order chi connectivity index (χ1) is 9.20. The lowest BCUT2D eigenvalue weighted by atomic mass is 10.2. The molecule has 0 unspecified atom stereocenters. The van der Waals surface area contributed by atoms with Gasteiger partial charge in [0.1, 0.15) is 5.75 Å². The molecule has 2 aromatic rings. The van der Waals surface area contributed by atoms with Crippen LogP contribution in [0.25, 0.3) is 10.9 Å². The van der Waals surface area contributed by atoms with Crippen LogP contribution in [0.15, 0.2) is 35.1 Å². The van der Waals surface area contributed by atoms with Crippen molar-refractivity contribution in [1.29, 1.82) is 0 Å². The first kappa shape index (κ1) is 13.1. The van der Waals surface area contributed by atoms with Crippen LogP contribution in [-0.4, -0.2) is 24.0 Å². The fourth-order valence-electron chi connectivity index (χ4n) is 1.73. The largest absolute Gasteiger partial charge is 0.482 e. The number of carbonyl (C=O) groups is 1. The van der Waals surface area contributed by atoms with Crippen molar-refractivity contribution in [2.45, 2.75) is 13.3 Å². The summed E-state index contributed by atoms with van der Waals surface area (Å²) in [7, 11) is 0. The van der Waals surface area contributed by atoms with Gasteiger partial charge in [-0.05, 0) is 18.6 Å². The summed E-state index contributed by atoms with van der Waals surface area (Å²) in [6, 6.07) is 8.60. The molecule has 19 heavy (non-hydrogen) atoms. The van der Waals surface area contributed by atoms with Crippen LogP contribution in [-0.2, 0) is 4.79 Å². The third kappa shape index (κ3) is 3.34. The van der Waals surface area contributed by atoms with Crippen molar-refractivity contribution < 1.29 is 9.53 Å². The standard InChI is InChI=1S/C14H16N2O3/c1-2-8-15-13(18)9-19-11-5-3-4-10-6-7-12(17)16-14(10)11/h3-7H,2,8-9H2,1H3,(H,15,18)(H,16,17). The summed E-state index contributed by atoms with van der Waals surface area (Å²) in [5.74, 6) is 0.332. The number of aromatic nitrogens is 1. The molecule has 100 valence electrons. The fraction of sp³-hybridized carbons (Fsp3) is 0.286. The number of carbonyl (C=O) groups excluding carboxylic acids is 1. The number of rotatable bonds is 5. The van der Waals surface area contributed by atoms with Crippen molar-refractivity contribution in [3.05, 3.63) is 40.7 Å². The Morgan fingerprint density at radius 2 is 2.16 bits per heavy atom. The number of para-hydroxylation sites is 1. The highest BCUT2D eigenvalue weighted by Gasteiger charge is 2.05. The van der Waals surface area contributed by atoms with E-state index in [1.54, 1.807) is 12.1 Å². The number of nitrogens with one attached hydrogen (secondary N) is 2. The van der Waals surface area contributed by atoms with Gasteiger partial charge in [-0.25, -0.2) is 0 Å². The maximum atomic E-state index is 11.5. The van der Waals surface area contributed by atoms with Gasteiger partial charge in [-0.3, -0.25) is 9.59 Å². The molecule has 0 fully saturated rings. The van der Waals surface area contributed by atoms with E-state index in [4.69, 9.17) is 4.74 Å². The lowest BCUT2D eigenvalue weighted by Gasteiger charge is -2.09. The molecule has 1 aromatic heterocycles. The zero-order chi connectivity index (χ0) is 13.7. The first-order valence-corrected chi connectivity index (χ1v) is 6.22. The minimum Gasteiger partial charge on any atom is -0.482 e. The molecule has 1 heterocycles. The molecule has 0 saturated carbocycles. The fourth-order valence-corrected chi connectivity index (χ4v) is 1.73. The summed E-state index contributed by atoms with van der Waals surface area (Å²) in [5, 5.41) is 3.59. The van der Waals surface area contributed by atoms with Gasteiger partial charge in [0.2, 0.25) is 5.56 Å². The molecular formula is C14H16N2O3. The van der Waals surface area contributed by atoms with E-state index < -0.39 is 0 Å². The summed E-state index contributed by atoms with van der Waals surface area (Å²) in [5.41, 5.74) is 0.414. The van der Waals surface area contributed by atoms with E-state index in [9.17, 15) is 9.59 Å². The van der Waals surface area contributed by atoms with Gasteiger partial charge in [0.25, 0.3) is 5.91 Å². The van der Waals surface area contributed by atoms with Gasteiger partial charge in [0.15, 0.2) is 6.61 Å². The lowest BCUT2D eigenvalue weighted by molar-refractivity contribution is -0.123. The van der Waals surface area contributed by atoms with Crippen LogP contribution in [0.5, 0.6) is 5.75 Å². The van der Waals surface area contributed by atoms with Gasteiger partial charge >= 0.3 is 0 Å².